The molecule has 0 aliphatic carbocycles. The van der Waals surface area contributed by atoms with Crippen LogP contribution in [0.5, 0.6) is 0 Å². The third-order valence-electron chi connectivity index (χ3n) is 4.82. The maximum atomic E-state index is 12.4. The maximum absolute atomic E-state index is 12.4. The number of carbonyl (C=O) groups excluding carboxylic acids is 1. The lowest BCUT2D eigenvalue weighted by atomic mass is 10.1. The number of ether oxygens (including phenoxy) is 1. The molecule has 2 aliphatic rings. The summed E-state index contributed by atoms with van der Waals surface area (Å²) in [5.74, 6) is 1.52. The van der Waals surface area contributed by atoms with Crippen LogP contribution in [0.1, 0.15) is 12.3 Å². The van der Waals surface area contributed by atoms with Gasteiger partial charge in [-0.15, -0.1) is 0 Å². The van der Waals surface area contributed by atoms with Crippen molar-refractivity contribution in [2.24, 2.45) is 5.92 Å². The molecular weight excluding hydrogens is 320 g/mol. The van der Waals surface area contributed by atoms with Gasteiger partial charge in [-0.3, -0.25) is 9.69 Å². The molecule has 0 spiro atoms. The van der Waals surface area contributed by atoms with Crippen molar-refractivity contribution < 1.29 is 14.1 Å². The van der Waals surface area contributed by atoms with Crippen LogP contribution in [0.4, 0.5) is 0 Å². The van der Waals surface area contributed by atoms with Crippen LogP contribution in [-0.4, -0.2) is 65.2 Å². The fourth-order valence-electron chi connectivity index (χ4n) is 3.33. The molecule has 0 saturated carbocycles. The molecular formula is C18H22N4O3. The molecule has 2 aliphatic heterocycles. The second-order valence-corrected chi connectivity index (χ2v) is 6.54. The van der Waals surface area contributed by atoms with Gasteiger partial charge in [-0.25, -0.2) is 0 Å². The summed E-state index contributed by atoms with van der Waals surface area (Å²) >= 11 is 0. The third-order valence-corrected chi connectivity index (χ3v) is 4.82. The zero-order valence-corrected chi connectivity index (χ0v) is 14.1. The van der Waals surface area contributed by atoms with E-state index in [2.05, 4.69) is 15.0 Å². The van der Waals surface area contributed by atoms with Crippen molar-refractivity contribution in [3.8, 4) is 11.4 Å². The zero-order chi connectivity index (χ0) is 17.1. The first kappa shape index (κ1) is 16.2. The highest BCUT2D eigenvalue weighted by atomic mass is 16.5. The molecule has 7 heteroatoms. The van der Waals surface area contributed by atoms with Crippen molar-refractivity contribution in [3.63, 3.8) is 0 Å². The summed E-state index contributed by atoms with van der Waals surface area (Å²) < 4.78 is 10.7. The Labute approximate surface area is 146 Å². The monoisotopic (exact) mass is 342 g/mol. The summed E-state index contributed by atoms with van der Waals surface area (Å²) in [6.45, 7) is 5.03. The van der Waals surface area contributed by atoms with E-state index >= 15 is 0 Å². The molecule has 1 atom stereocenters. The number of amides is 1. The average Bonchev–Trinajstić information content (AvgIpc) is 3.35. The molecule has 2 fully saturated rings. The Morgan fingerprint density at radius 1 is 1.16 bits per heavy atom. The number of rotatable bonds is 4. The molecule has 2 saturated heterocycles. The Morgan fingerprint density at radius 2 is 1.96 bits per heavy atom. The van der Waals surface area contributed by atoms with E-state index in [-0.39, 0.29) is 11.8 Å². The number of hydrogen-bond donors (Lipinski definition) is 0. The smallest absolute Gasteiger partial charge is 0.241 e. The third kappa shape index (κ3) is 3.72. The molecule has 3 heterocycles. The minimum Gasteiger partial charge on any atom is -0.381 e. The fourth-order valence-corrected chi connectivity index (χ4v) is 3.33. The van der Waals surface area contributed by atoms with Gasteiger partial charge in [0.1, 0.15) is 0 Å². The SMILES string of the molecule is O=C(C1CCOC1)N1CCN(Cc2nc(-c3ccccc3)no2)CC1. The van der Waals surface area contributed by atoms with Crippen molar-refractivity contribution in [2.45, 2.75) is 13.0 Å². The van der Waals surface area contributed by atoms with Crippen LogP contribution in [0.2, 0.25) is 0 Å². The molecule has 1 aromatic heterocycles. The quantitative estimate of drug-likeness (QED) is 0.837. The first-order valence-corrected chi connectivity index (χ1v) is 8.76. The van der Waals surface area contributed by atoms with Gasteiger partial charge in [-0.05, 0) is 6.42 Å². The molecule has 0 N–H and O–H groups in total. The Balaban J connectivity index is 1.30. The second kappa shape index (κ2) is 7.33. The molecule has 132 valence electrons. The lowest BCUT2D eigenvalue weighted by molar-refractivity contribution is -0.137. The van der Waals surface area contributed by atoms with Crippen LogP contribution < -0.4 is 0 Å². The van der Waals surface area contributed by atoms with Crippen molar-refractivity contribution in [1.29, 1.82) is 0 Å². The first-order chi connectivity index (χ1) is 12.3. The van der Waals surface area contributed by atoms with E-state index in [9.17, 15) is 4.79 Å². The van der Waals surface area contributed by atoms with Gasteiger partial charge >= 0.3 is 0 Å². The van der Waals surface area contributed by atoms with Crippen LogP contribution >= 0.6 is 0 Å². The van der Waals surface area contributed by atoms with E-state index in [1.807, 2.05) is 35.2 Å². The predicted octanol–water partition coefficient (Wildman–Crippen LogP) is 1.42. The van der Waals surface area contributed by atoms with E-state index in [4.69, 9.17) is 9.26 Å². The molecule has 0 radical (unpaired) electrons. The van der Waals surface area contributed by atoms with Crippen molar-refractivity contribution >= 4 is 5.91 Å². The standard InChI is InChI=1S/C18H22N4O3/c23-18(15-6-11-24-13-15)22-9-7-21(8-10-22)12-16-19-17(20-25-16)14-4-2-1-3-5-14/h1-5,15H,6-13H2. The van der Waals surface area contributed by atoms with Crippen LogP contribution in [0.25, 0.3) is 11.4 Å². The van der Waals surface area contributed by atoms with E-state index < -0.39 is 0 Å². The average molecular weight is 342 g/mol. The van der Waals surface area contributed by atoms with Crippen LogP contribution in [0.3, 0.4) is 0 Å². The van der Waals surface area contributed by atoms with Crippen molar-refractivity contribution in [1.82, 2.24) is 19.9 Å². The van der Waals surface area contributed by atoms with Gasteiger partial charge in [0, 0.05) is 38.3 Å². The van der Waals surface area contributed by atoms with Crippen LogP contribution in [0.15, 0.2) is 34.9 Å². The van der Waals surface area contributed by atoms with Gasteiger partial charge in [-0.2, -0.15) is 4.98 Å². The van der Waals surface area contributed by atoms with Gasteiger partial charge in [-0.1, -0.05) is 35.5 Å². The molecule has 4 rings (SSSR count). The Hall–Kier alpha value is -2.25. The number of benzene rings is 1. The second-order valence-electron chi connectivity index (χ2n) is 6.54. The lowest BCUT2D eigenvalue weighted by Crippen LogP contribution is -2.50. The zero-order valence-electron chi connectivity index (χ0n) is 14.1. The highest BCUT2D eigenvalue weighted by Gasteiger charge is 2.30. The van der Waals surface area contributed by atoms with Crippen molar-refractivity contribution in [2.75, 3.05) is 39.4 Å². The number of nitrogens with zero attached hydrogens (tertiary/aromatic N) is 4. The van der Waals surface area contributed by atoms with E-state index in [0.717, 1.165) is 38.2 Å². The summed E-state index contributed by atoms with van der Waals surface area (Å²) in [4.78, 5) is 21.1. The van der Waals surface area contributed by atoms with Gasteiger partial charge in [0.25, 0.3) is 0 Å². The minimum atomic E-state index is 0.0518. The Morgan fingerprint density at radius 3 is 2.68 bits per heavy atom. The molecule has 1 unspecified atom stereocenters. The molecule has 7 nitrogen and oxygen atoms in total. The van der Waals surface area contributed by atoms with Crippen LogP contribution in [0, 0.1) is 5.92 Å². The summed E-state index contributed by atoms with van der Waals surface area (Å²) in [7, 11) is 0. The number of carbonyl (C=O) groups is 1. The van der Waals surface area contributed by atoms with Crippen molar-refractivity contribution in [3.05, 3.63) is 36.2 Å². The van der Waals surface area contributed by atoms with E-state index in [1.165, 1.54) is 0 Å². The Bertz CT molecular complexity index is 704. The summed E-state index contributed by atoms with van der Waals surface area (Å²) in [6, 6.07) is 9.80. The highest BCUT2D eigenvalue weighted by Crippen LogP contribution is 2.18. The van der Waals surface area contributed by atoms with Gasteiger partial charge in [0.2, 0.25) is 17.6 Å². The largest absolute Gasteiger partial charge is 0.381 e. The summed E-state index contributed by atoms with van der Waals surface area (Å²) in [5, 5.41) is 4.06. The number of piperazine rings is 1. The van der Waals surface area contributed by atoms with E-state index in [1.54, 1.807) is 0 Å². The Kier molecular flexibility index (Phi) is 4.76. The fraction of sp³-hybridized carbons (Fsp3) is 0.500. The lowest BCUT2D eigenvalue weighted by Gasteiger charge is -2.35. The molecule has 1 aromatic carbocycles. The van der Waals surface area contributed by atoms with Gasteiger partial charge < -0.3 is 14.2 Å². The molecule has 0 bridgehead atoms. The molecule has 25 heavy (non-hydrogen) atoms. The summed E-state index contributed by atoms with van der Waals surface area (Å²) in [6.07, 6.45) is 0.850. The molecule has 2 aromatic rings. The minimum absolute atomic E-state index is 0.0518. The number of aromatic nitrogens is 2. The van der Waals surface area contributed by atoms with Crippen LogP contribution in [-0.2, 0) is 16.1 Å². The van der Waals surface area contributed by atoms with Gasteiger partial charge in [0.05, 0.1) is 19.1 Å². The van der Waals surface area contributed by atoms with Gasteiger partial charge in [0.15, 0.2) is 0 Å². The maximum Gasteiger partial charge on any atom is 0.241 e. The van der Waals surface area contributed by atoms with E-state index in [0.29, 0.717) is 31.5 Å². The summed E-state index contributed by atoms with van der Waals surface area (Å²) in [5.41, 5.74) is 0.951. The molecule has 1 amide bonds. The predicted molar refractivity (Wildman–Crippen MR) is 90.5 cm³/mol. The highest BCUT2D eigenvalue weighted by molar-refractivity contribution is 5.79. The topological polar surface area (TPSA) is 71.7 Å². The number of hydrogen-bond acceptors (Lipinski definition) is 6. The normalized spacial score (nSPS) is 21.6. The first-order valence-electron chi connectivity index (χ1n) is 8.76.